The predicted molar refractivity (Wildman–Crippen MR) is 97.3 cm³/mol. The summed E-state index contributed by atoms with van der Waals surface area (Å²) in [7, 11) is 1.59. The minimum atomic E-state index is -0.850. The van der Waals surface area contributed by atoms with Crippen molar-refractivity contribution < 1.29 is 18.4 Å². The lowest BCUT2D eigenvalue weighted by molar-refractivity contribution is 0.0668. The number of methoxy groups -OCH3 is 1. The molecule has 1 aromatic heterocycles. The molecule has 2 heterocycles. The minimum Gasteiger partial charge on any atom is -0.383 e. The number of aromatic nitrogens is 1. The average Bonchev–Trinajstić information content (AvgIpc) is 3.06. The van der Waals surface area contributed by atoms with Crippen LogP contribution in [0.4, 0.5) is 10.2 Å². The van der Waals surface area contributed by atoms with E-state index < -0.39 is 6.17 Å². The fourth-order valence-corrected chi connectivity index (χ4v) is 3.01. The highest BCUT2D eigenvalue weighted by atomic mass is 35.5. The van der Waals surface area contributed by atoms with Gasteiger partial charge in [0, 0.05) is 37.3 Å². The molecule has 0 aliphatic carbocycles. The van der Waals surface area contributed by atoms with Crippen LogP contribution in [0.5, 0.6) is 0 Å². The zero-order valence-corrected chi connectivity index (χ0v) is 15.3. The number of amides is 1. The SMILES string of the molecule is COCCNc1noc(-c2ccc(Cl)cc2)c1C(=O)N1CCC(F)CC1. The summed E-state index contributed by atoms with van der Waals surface area (Å²) < 4.78 is 23.9. The molecule has 1 fully saturated rings. The van der Waals surface area contributed by atoms with Crippen LogP contribution in [0.25, 0.3) is 11.3 Å². The number of ether oxygens (including phenoxy) is 1. The maximum Gasteiger partial charge on any atom is 0.261 e. The van der Waals surface area contributed by atoms with Crippen LogP contribution in [-0.2, 0) is 4.74 Å². The lowest BCUT2D eigenvalue weighted by atomic mass is 10.0. The molecule has 3 rings (SSSR count). The molecule has 2 aromatic rings. The van der Waals surface area contributed by atoms with Gasteiger partial charge >= 0.3 is 0 Å². The van der Waals surface area contributed by atoms with Crippen molar-refractivity contribution in [1.82, 2.24) is 10.1 Å². The molecular weight excluding hydrogens is 361 g/mol. The van der Waals surface area contributed by atoms with Gasteiger partial charge in [-0.25, -0.2) is 4.39 Å². The van der Waals surface area contributed by atoms with Crippen LogP contribution in [0.3, 0.4) is 0 Å². The molecule has 0 spiro atoms. The fraction of sp³-hybridized carbons (Fsp3) is 0.444. The summed E-state index contributed by atoms with van der Waals surface area (Å²) in [5.41, 5.74) is 1.05. The first-order valence-corrected chi connectivity index (χ1v) is 8.89. The van der Waals surface area contributed by atoms with Gasteiger partial charge in [0.15, 0.2) is 11.6 Å². The Morgan fingerprint density at radius 3 is 2.73 bits per heavy atom. The molecule has 0 atom stereocenters. The van der Waals surface area contributed by atoms with E-state index in [1.54, 1.807) is 36.3 Å². The van der Waals surface area contributed by atoms with Crippen molar-refractivity contribution in [3.05, 3.63) is 34.9 Å². The molecule has 8 heteroatoms. The van der Waals surface area contributed by atoms with Crippen molar-refractivity contribution in [2.75, 3.05) is 38.7 Å². The van der Waals surface area contributed by atoms with Gasteiger partial charge in [-0.2, -0.15) is 0 Å². The lowest BCUT2D eigenvalue weighted by Crippen LogP contribution is -2.39. The van der Waals surface area contributed by atoms with E-state index in [-0.39, 0.29) is 5.91 Å². The van der Waals surface area contributed by atoms with E-state index in [4.69, 9.17) is 20.9 Å². The van der Waals surface area contributed by atoms with Crippen LogP contribution in [0, 0.1) is 0 Å². The average molecular weight is 382 g/mol. The summed E-state index contributed by atoms with van der Waals surface area (Å²) in [5, 5.41) is 7.68. The van der Waals surface area contributed by atoms with E-state index in [9.17, 15) is 9.18 Å². The molecule has 140 valence electrons. The Morgan fingerprint density at radius 1 is 1.38 bits per heavy atom. The number of carbonyl (C=O) groups is 1. The standard InChI is InChI=1S/C18H21ClFN3O3/c1-25-11-8-21-17-15(18(24)23-9-6-14(20)7-10-23)16(26-22-17)12-2-4-13(19)5-3-12/h2-5,14H,6-11H2,1H3,(H,21,22). The molecule has 1 aliphatic heterocycles. The zero-order valence-electron chi connectivity index (χ0n) is 14.5. The summed E-state index contributed by atoms with van der Waals surface area (Å²) in [6.45, 7) is 1.70. The van der Waals surface area contributed by atoms with E-state index in [0.717, 1.165) is 0 Å². The highest BCUT2D eigenvalue weighted by Gasteiger charge is 2.30. The Kier molecular flexibility index (Phi) is 6.11. The molecular formula is C18H21ClFN3O3. The van der Waals surface area contributed by atoms with Crippen molar-refractivity contribution in [1.29, 1.82) is 0 Å². The van der Waals surface area contributed by atoms with E-state index in [1.807, 2.05) is 0 Å². The highest BCUT2D eigenvalue weighted by Crippen LogP contribution is 2.32. The quantitative estimate of drug-likeness (QED) is 0.774. The Hall–Kier alpha value is -2.12. The number of likely N-dealkylation sites (tertiary alicyclic amines) is 1. The van der Waals surface area contributed by atoms with E-state index in [2.05, 4.69) is 10.5 Å². The van der Waals surface area contributed by atoms with E-state index in [0.29, 0.717) is 66.8 Å². The van der Waals surface area contributed by atoms with E-state index in [1.165, 1.54) is 0 Å². The van der Waals surface area contributed by atoms with Crippen LogP contribution in [0.15, 0.2) is 28.8 Å². The minimum absolute atomic E-state index is 0.219. The maximum absolute atomic E-state index is 13.4. The summed E-state index contributed by atoms with van der Waals surface area (Å²) in [6, 6.07) is 6.99. The first kappa shape index (κ1) is 18.7. The van der Waals surface area contributed by atoms with E-state index >= 15 is 0 Å². The number of hydrogen-bond acceptors (Lipinski definition) is 5. The summed E-state index contributed by atoms with van der Waals surface area (Å²) in [5.74, 6) is 0.511. The number of rotatable bonds is 6. The normalized spacial score (nSPS) is 15.3. The number of carbonyl (C=O) groups excluding carboxylic acids is 1. The van der Waals surface area contributed by atoms with Gasteiger partial charge in [0.2, 0.25) is 0 Å². The molecule has 1 aromatic carbocycles. The number of piperidine rings is 1. The molecule has 1 amide bonds. The van der Waals surface area contributed by atoms with Gasteiger partial charge in [-0.3, -0.25) is 4.79 Å². The molecule has 0 bridgehead atoms. The second-order valence-corrected chi connectivity index (χ2v) is 6.57. The number of benzene rings is 1. The third-order valence-corrected chi connectivity index (χ3v) is 4.57. The first-order valence-electron chi connectivity index (χ1n) is 8.52. The molecule has 6 nitrogen and oxygen atoms in total. The van der Waals surface area contributed by atoms with Gasteiger partial charge < -0.3 is 19.5 Å². The van der Waals surface area contributed by atoms with Crippen LogP contribution in [0.1, 0.15) is 23.2 Å². The van der Waals surface area contributed by atoms with Crippen LogP contribution in [-0.4, -0.2) is 55.5 Å². The second-order valence-electron chi connectivity index (χ2n) is 6.13. The molecule has 26 heavy (non-hydrogen) atoms. The third kappa shape index (κ3) is 4.16. The largest absolute Gasteiger partial charge is 0.383 e. The predicted octanol–water partition coefficient (Wildman–Crippen LogP) is 3.63. The Balaban J connectivity index is 1.91. The topological polar surface area (TPSA) is 67.6 Å². The second kappa shape index (κ2) is 8.51. The van der Waals surface area contributed by atoms with Crippen molar-refractivity contribution in [3.8, 4) is 11.3 Å². The van der Waals surface area contributed by atoms with Crippen molar-refractivity contribution >= 4 is 23.3 Å². The number of halogens is 2. The number of hydrogen-bond donors (Lipinski definition) is 1. The number of nitrogens with one attached hydrogen (secondary N) is 1. The number of alkyl halides is 1. The molecule has 0 radical (unpaired) electrons. The van der Waals surface area contributed by atoms with Crippen LogP contribution < -0.4 is 5.32 Å². The van der Waals surface area contributed by atoms with Crippen molar-refractivity contribution in [2.45, 2.75) is 19.0 Å². The fourth-order valence-electron chi connectivity index (χ4n) is 2.89. The summed E-state index contributed by atoms with van der Waals surface area (Å²) in [4.78, 5) is 14.7. The highest BCUT2D eigenvalue weighted by molar-refractivity contribution is 6.30. The van der Waals surface area contributed by atoms with Gasteiger partial charge in [0.1, 0.15) is 11.7 Å². The van der Waals surface area contributed by atoms with Gasteiger partial charge in [-0.1, -0.05) is 16.8 Å². The smallest absolute Gasteiger partial charge is 0.261 e. The molecule has 1 N–H and O–H groups in total. The third-order valence-electron chi connectivity index (χ3n) is 4.32. The zero-order chi connectivity index (χ0) is 18.5. The van der Waals surface area contributed by atoms with Crippen molar-refractivity contribution in [2.24, 2.45) is 0 Å². The van der Waals surface area contributed by atoms with Crippen LogP contribution >= 0.6 is 11.6 Å². The Morgan fingerprint density at radius 2 is 2.08 bits per heavy atom. The Labute approximate surface area is 156 Å². The van der Waals surface area contributed by atoms with Gasteiger partial charge in [-0.15, -0.1) is 0 Å². The monoisotopic (exact) mass is 381 g/mol. The first-order chi connectivity index (χ1) is 12.6. The van der Waals surface area contributed by atoms with Crippen molar-refractivity contribution in [3.63, 3.8) is 0 Å². The Bertz CT molecular complexity index is 743. The molecule has 0 unspecified atom stereocenters. The summed E-state index contributed by atoms with van der Waals surface area (Å²) >= 11 is 5.94. The molecule has 0 saturated carbocycles. The van der Waals surface area contributed by atoms with Crippen LogP contribution in [0.2, 0.25) is 5.02 Å². The number of nitrogens with zero attached hydrogens (tertiary/aromatic N) is 2. The van der Waals surface area contributed by atoms with Gasteiger partial charge in [0.25, 0.3) is 5.91 Å². The maximum atomic E-state index is 13.4. The lowest BCUT2D eigenvalue weighted by Gasteiger charge is -2.28. The number of anilines is 1. The van der Waals surface area contributed by atoms with Gasteiger partial charge in [0.05, 0.1) is 6.61 Å². The van der Waals surface area contributed by atoms with Gasteiger partial charge in [-0.05, 0) is 37.1 Å². The molecule has 1 aliphatic rings. The summed E-state index contributed by atoms with van der Waals surface area (Å²) in [6.07, 6.45) is -0.156. The molecule has 1 saturated heterocycles.